The van der Waals surface area contributed by atoms with Gasteiger partial charge in [0.1, 0.15) is 5.75 Å². The number of ether oxygens (including phenoxy) is 1. The Labute approximate surface area is 130 Å². The van der Waals surface area contributed by atoms with Crippen LogP contribution < -0.4 is 4.74 Å². The van der Waals surface area contributed by atoms with Gasteiger partial charge in [0.05, 0.1) is 7.11 Å². The van der Waals surface area contributed by atoms with Crippen LogP contribution >= 0.6 is 0 Å². The first kappa shape index (κ1) is 14.3. The van der Waals surface area contributed by atoms with E-state index in [2.05, 4.69) is 24.3 Å². The number of carbonyl (C=O) groups is 1. The Morgan fingerprint density at radius 1 is 0.909 bits per heavy atom. The van der Waals surface area contributed by atoms with Crippen molar-refractivity contribution in [3.8, 4) is 5.75 Å². The summed E-state index contributed by atoms with van der Waals surface area (Å²) in [6, 6.07) is 20.2. The molecule has 3 rings (SSSR count). The summed E-state index contributed by atoms with van der Waals surface area (Å²) < 4.78 is 5.17. The Kier molecular flexibility index (Phi) is 4.19. The minimum absolute atomic E-state index is 0.812. The van der Waals surface area contributed by atoms with Crippen molar-refractivity contribution in [2.24, 2.45) is 0 Å². The number of aryl methyl sites for hydroxylation is 2. The number of aldehydes is 1. The first-order valence-corrected chi connectivity index (χ1v) is 7.40. The molecular formula is C20H18O2. The van der Waals surface area contributed by atoms with Crippen molar-refractivity contribution in [2.75, 3.05) is 7.11 Å². The number of hydrogen-bond donors (Lipinski definition) is 0. The lowest BCUT2D eigenvalue weighted by atomic mass is 9.95. The van der Waals surface area contributed by atoms with E-state index in [1.54, 1.807) is 7.11 Å². The summed E-state index contributed by atoms with van der Waals surface area (Å²) in [5.74, 6) is 0.864. The van der Waals surface area contributed by atoms with Gasteiger partial charge in [-0.05, 0) is 46.9 Å². The molecule has 2 nitrogen and oxygen atoms in total. The first-order valence-electron chi connectivity index (χ1n) is 7.40. The van der Waals surface area contributed by atoms with Crippen molar-refractivity contribution in [1.29, 1.82) is 0 Å². The van der Waals surface area contributed by atoms with Crippen LogP contribution in [0.5, 0.6) is 5.75 Å². The Bertz CT molecular complexity index is 788. The number of rotatable bonds is 5. The van der Waals surface area contributed by atoms with Gasteiger partial charge in [0.2, 0.25) is 0 Å². The van der Waals surface area contributed by atoms with E-state index >= 15 is 0 Å². The van der Waals surface area contributed by atoms with Crippen LogP contribution in [0.2, 0.25) is 0 Å². The zero-order chi connectivity index (χ0) is 15.4. The molecule has 0 aliphatic carbocycles. The summed E-state index contributed by atoms with van der Waals surface area (Å²) in [4.78, 5) is 11.5. The standard InChI is InChI=1S/C20H18O2/c1-22-18-12-7-15(8-13-18)6-9-17-11-10-16-4-2-3-5-19(16)20(17)14-21/h2-5,7-8,10-14H,6,9H2,1H3. The highest BCUT2D eigenvalue weighted by molar-refractivity contribution is 5.99. The van der Waals surface area contributed by atoms with Gasteiger partial charge in [-0.2, -0.15) is 0 Å². The molecular weight excluding hydrogens is 272 g/mol. The lowest BCUT2D eigenvalue weighted by molar-refractivity contribution is 0.112. The highest BCUT2D eigenvalue weighted by Crippen LogP contribution is 2.22. The maximum atomic E-state index is 11.5. The van der Waals surface area contributed by atoms with E-state index in [-0.39, 0.29) is 0 Å². The monoisotopic (exact) mass is 290 g/mol. The quantitative estimate of drug-likeness (QED) is 0.649. The van der Waals surface area contributed by atoms with Crippen LogP contribution in [0.1, 0.15) is 21.5 Å². The van der Waals surface area contributed by atoms with Gasteiger partial charge in [-0.3, -0.25) is 4.79 Å². The van der Waals surface area contributed by atoms with E-state index in [4.69, 9.17) is 4.74 Å². The van der Waals surface area contributed by atoms with Crippen molar-refractivity contribution in [2.45, 2.75) is 12.8 Å². The second-order valence-electron chi connectivity index (χ2n) is 5.33. The van der Waals surface area contributed by atoms with E-state index in [0.29, 0.717) is 0 Å². The molecule has 3 aromatic carbocycles. The zero-order valence-corrected chi connectivity index (χ0v) is 12.6. The summed E-state index contributed by atoms with van der Waals surface area (Å²) >= 11 is 0. The molecule has 0 fully saturated rings. The predicted octanol–water partition coefficient (Wildman–Crippen LogP) is 4.45. The lowest BCUT2D eigenvalue weighted by Crippen LogP contribution is -1.97. The molecule has 0 amide bonds. The fourth-order valence-electron chi connectivity index (χ4n) is 2.77. The van der Waals surface area contributed by atoms with Gasteiger partial charge >= 0.3 is 0 Å². The molecule has 0 spiro atoms. The molecule has 0 unspecified atom stereocenters. The molecule has 0 bridgehead atoms. The normalized spacial score (nSPS) is 10.6. The van der Waals surface area contributed by atoms with Crippen molar-refractivity contribution >= 4 is 17.1 Å². The van der Waals surface area contributed by atoms with Gasteiger partial charge in [-0.1, -0.05) is 48.5 Å². The van der Waals surface area contributed by atoms with Crippen molar-refractivity contribution in [3.63, 3.8) is 0 Å². The first-order chi connectivity index (χ1) is 10.8. The molecule has 2 heteroatoms. The van der Waals surface area contributed by atoms with Crippen LogP contribution in [0, 0.1) is 0 Å². The minimum atomic E-state index is 0.812. The Balaban J connectivity index is 1.85. The fourth-order valence-corrected chi connectivity index (χ4v) is 2.77. The molecule has 0 saturated carbocycles. The molecule has 0 aromatic heterocycles. The van der Waals surface area contributed by atoms with E-state index in [1.807, 2.05) is 36.4 Å². The molecule has 0 aliphatic heterocycles. The summed E-state index contributed by atoms with van der Waals surface area (Å²) in [6.07, 6.45) is 2.74. The van der Waals surface area contributed by atoms with Gasteiger partial charge < -0.3 is 4.74 Å². The SMILES string of the molecule is COc1ccc(CCc2ccc3ccccc3c2C=O)cc1. The van der Waals surface area contributed by atoms with Gasteiger partial charge in [0.15, 0.2) is 6.29 Å². The second-order valence-corrected chi connectivity index (χ2v) is 5.33. The van der Waals surface area contributed by atoms with Crippen LogP contribution in [0.4, 0.5) is 0 Å². The third kappa shape index (κ3) is 2.86. The van der Waals surface area contributed by atoms with Crippen LogP contribution in [0.15, 0.2) is 60.7 Å². The molecule has 0 N–H and O–H groups in total. The third-order valence-corrected chi connectivity index (χ3v) is 4.02. The Morgan fingerprint density at radius 2 is 1.68 bits per heavy atom. The molecule has 110 valence electrons. The predicted molar refractivity (Wildman–Crippen MR) is 89.7 cm³/mol. The van der Waals surface area contributed by atoms with Gasteiger partial charge in [-0.15, -0.1) is 0 Å². The van der Waals surface area contributed by atoms with Gasteiger partial charge in [0.25, 0.3) is 0 Å². The number of carbonyl (C=O) groups excluding carboxylic acids is 1. The van der Waals surface area contributed by atoms with E-state index in [1.165, 1.54) is 5.56 Å². The number of methoxy groups -OCH3 is 1. The van der Waals surface area contributed by atoms with Gasteiger partial charge in [-0.25, -0.2) is 0 Å². The highest BCUT2D eigenvalue weighted by Gasteiger charge is 2.07. The molecule has 3 aromatic rings. The largest absolute Gasteiger partial charge is 0.497 e. The van der Waals surface area contributed by atoms with Crippen LogP contribution in [0.3, 0.4) is 0 Å². The number of hydrogen-bond acceptors (Lipinski definition) is 2. The molecule has 0 radical (unpaired) electrons. The van der Waals surface area contributed by atoms with E-state index < -0.39 is 0 Å². The van der Waals surface area contributed by atoms with Crippen LogP contribution in [-0.4, -0.2) is 13.4 Å². The molecule has 0 saturated heterocycles. The van der Waals surface area contributed by atoms with E-state index in [0.717, 1.165) is 46.8 Å². The average molecular weight is 290 g/mol. The van der Waals surface area contributed by atoms with Crippen molar-refractivity contribution in [1.82, 2.24) is 0 Å². The average Bonchev–Trinajstić information content (AvgIpc) is 2.59. The molecule has 0 aliphatic rings. The van der Waals surface area contributed by atoms with Crippen molar-refractivity contribution in [3.05, 3.63) is 77.4 Å². The van der Waals surface area contributed by atoms with Gasteiger partial charge in [0, 0.05) is 5.56 Å². The fraction of sp³-hybridized carbons (Fsp3) is 0.150. The smallest absolute Gasteiger partial charge is 0.150 e. The maximum Gasteiger partial charge on any atom is 0.150 e. The topological polar surface area (TPSA) is 26.3 Å². The summed E-state index contributed by atoms with van der Waals surface area (Å²) in [5, 5.41) is 2.14. The zero-order valence-electron chi connectivity index (χ0n) is 12.6. The van der Waals surface area contributed by atoms with Crippen LogP contribution in [-0.2, 0) is 12.8 Å². The van der Waals surface area contributed by atoms with E-state index in [9.17, 15) is 4.79 Å². The maximum absolute atomic E-state index is 11.5. The summed E-state index contributed by atoms with van der Waals surface area (Å²) in [7, 11) is 1.67. The summed E-state index contributed by atoms with van der Waals surface area (Å²) in [5.41, 5.74) is 3.15. The molecule has 22 heavy (non-hydrogen) atoms. The van der Waals surface area contributed by atoms with Crippen molar-refractivity contribution < 1.29 is 9.53 Å². The van der Waals surface area contributed by atoms with Crippen LogP contribution in [0.25, 0.3) is 10.8 Å². The number of benzene rings is 3. The lowest BCUT2D eigenvalue weighted by Gasteiger charge is -2.09. The third-order valence-electron chi connectivity index (χ3n) is 4.02. The Hall–Kier alpha value is -2.61. The molecule has 0 atom stereocenters. The molecule has 0 heterocycles. The number of fused-ring (bicyclic) bond motifs is 1. The second kappa shape index (κ2) is 6.44. The minimum Gasteiger partial charge on any atom is -0.497 e. The highest BCUT2D eigenvalue weighted by atomic mass is 16.5. The Morgan fingerprint density at radius 3 is 2.41 bits per heavy atom. The summed E-state index contributed by atoms with van der Waals surface area (Å²) in [6.45, 7) is 0.